The van der Waals surface area contributed by atoms with E-state index in [0.717, 1.165) is 12.8 Å². The summed E-state index contributed by atoms with van der Waals surface area (Å²) in [4.78, 5) is 22.9. The summed E-state index contributed by atoms with van der Waals surface area (Å²) in [6.07, 6.45) is 4.34. The first kappa shape index (κ1) is 15.0. The standard InChI is InChI=1S/C14H25NO3/c1-9(2)6-12(14(17)18)15-13(16)8-11-5-4-10(3)7-11/h9-12H,4-8H2,1-3H3,(H,15,16)(H,17,18). The molecule has 1 rings (SSSR count). The van der Waals surface area contributed by atoms with Crippen LogP contribution in [0.2, 0.25) is 0 Å². The number of nitrogens with one attached hydrogen (secondary N) is 1. The molecule has 0 saturated heterocycles. The van der Waals surface area contributed by atoms with E-state index >= 15 is 0 Å². The molecule has 0 aromatic carbocycles. The molecule has 0 aromatic heterocycles. The first-order valence-corrected chi connectivity index (χ1v) is 6.90. The Labute approximate surface area is 109 Å². The Balaban J connectivity index is 2.39. The first-order chi connectivity index (χ1) is 8.38. The molecule has 1 aliphatic rings. The number of hydrogen-bond donors (Lipinski definition) is 2. The van der Waals surface area contributed by atoms with Crippen LogP contribution < -0.4 is 5.32 Å². The van der Waals surface area contributed by atoms with Crippen LogP contribution in [-0.4, -0.2) is 23.0 Å². The molecular weight excluding hydrogens is 230 g/mol. The SMILES string of the molecule is CC(C)CC(NC(=O)CC1CCC(C)C1)C(=O)O. The van der Waals surface area contributed by atoms with E-state index in [-0.39, 0.29) is 11.8 Å². The van der Waals surface area contributed by atoms with E-state index < -0.39 is 12.0 Å². The van der Waals surface area contributed by atoms with Crippen molar-refractivity contribution in [2.24, 2.45) is 17.8 Å². The number of carboxylic acids is 1. The maximum Gasteiger partial charge on any atom is 0.326 e. The maximum absolute atomic E-state index is 11.8. The summed E-state index contributed by atoms with van der Waals surface area (Å²) in [5.74, 6) is 0.360. The third-order valence-electron chi connectivity index (χ3n) is 3.62. The molecule has 0 aromatic rings. The van der Waals surface area contributed by atoms with Gasteiger partial charge in [0, 0.05) is 6.42 Å². The summed E-state index contributed by atoms with van der Waals surface area (Å²) >= 11 is 0. The zero-order chi connectivity index (χ0) is 13.7. The van der Waals surface area contributed by atoms with Gasteiger partial charge in [0.2, 0.25) is 5.91 Å². The van der Waals surface area contributed by atoms with E-state index in [1.807, 2.05) is 13.8 Å². The van der Waals surface area contributed by atoms with Gasteiger partial charge in [-0.3, -0.25) is 4.79 Å². The van der Waals surface area contributed by atoms with Gasteiger partial charge in [-0.15, -0.1) is 0 Å². The van der Waals surface area contributed by atoms with Crippen LogP contribution in [0, 0.1) is 17.8 Å². The normalized spacial score (nSPS) is 25.1. The van der Waals surface area contributed by atoms with Crippen molar-refractivity contribution >= 4 is 11.9 Å². The van der Waals surface area contributed by atoms with Crippen molar-refractivity contribution in [3.63, 3.8) is 0 Å². The fourth-order valence-electron chi connectivity index (χ4n) is 2.72. The Morgan fingerprint density at radius 3 is 2.44 bits per heavy atom. The van der Waals surface area contributed by atoms with E-state index in [9.17, 15) is 9.59 Å². The Hall–Kier alpha value is -1.06. The molecule has 0 heterocycles. The minimum absolute atomic E-state index is 0.109. The fraction of sp³-hybridized carbons (Fsp3) is 0.857. The lowest BCUT2D eigenvalue weighted by molar-refractivity contribution is -0.142. The van der Waals surface area contributed by atoms with Crippen molar-refractivity contribution in [1.29, 1.82) is 0 Å². The number of carbonyl (C=O) groups excluding carboxylic acids is 1. The summed E-state index contributed by atoms with van der Waals surface area (Å²) in [5, 5.41) is 11.7. The summed E-state index contributed by atoms with van der Waals surface area (Å²) in [5.41, 5.74) is 0. The van der Waals surface area contributed by atoms with Crippen LogP contribution in [0.1, 0.15) is 52.9 Å². The molecule has 3 unspecified atom stereocenters. The molecule has 4 nitrogen and oxygen atoms in total. The molecule has 1 aliphatic carbocycles. The molecule has 0 spiro atoms. The van der Waals surface area contributed by atoms with Crippen LogP contribution in [0.4, 0.5) is 0 Å². The van der Waals surface area contributed by atoms with Gasteiger partial charge in [0.15, 0.2) is 0 Å². The summed E-state index contributed by atoms with van der Waals surface area (Å²) in [7, 11) is 0. The predicted octanol–water partition coefficient (Wildman–Crippen LogP) is 2.43. The van der Waals surface area contributed by atoms with Crippen LogP contribution in [0.15, 0.2) is 0 Å². The number of carbonyl (C=O) groups is 2. The van der Waals surface area contributed by atoms with Crippen molar-refractivity contribution in [3.8, 4) is 0 Å². The van der Waals surface area contributed by atoms with Crippen LogP contribution in [0.5, 0.6) is 0 Å². The lowest BCUT2D eigenvalue weighted by Gasteiger charge is -2.17. The van der Waals surface area contributed by atoms with Gasteiger partial charge in [0.25, 0.3) is 0 Å². The molecule has 1 fully saturated rings. The quantitative estimate of drug-likeness (QED) is 0.766. The highest BCUT2D eigenvalue weighted by molar-refractivity contribution is 5.83. The van der Waals surface area contributed by atoms with E-state index in [1.165, 1.54) is 6.42 Å². The topological polar surface area (TPSA) is 66.4 Å². The van der Waals surface area contributed by atoms with Crippen molar-refractivity contribution in [2.75, 3.05) is 0 Å². The number of rotatable bonds is 6. The minimum Gasteiger partial charge on any atom is -0.480 e. The summed E-state index contributed by atoms with van der Waals surface area (Å²) in [6, 6.07) is -0.740. The Morgan fingerprint density at radius 2 is 2.00 bits per heavy atom. The third kappa shape index (κ3) is 5.07. The highest BCUT2D eigenvalue weighted by Crippen LogP contribution is 2.32. The second kappa shape index (κ2) is 6.76. The number of amides is 1. The van der Waals surface area contributed by atoms with Crippen molar-refractivity contribution in [1.82, 2.24) is 5.32 Å². The third-order valence-corrected chi connectivity index (χ3v) is 3.62. The van der Waals surface area contributed by atoms with Crippen LogP contribution >= 0.6 is 0 Å². The zero-order valence-corrected chi connectivity index (χ0v) is 11.6. The first-order valence-electron chi connectivity index (χ1n) is 6.90. The van der Waals surface area contributed by atoms with Gasteiger partial charge < -0.3 is 10.4 Å². The highest BCUT2D eigenvalue weighted by Gasteiger charge is 2.26. The maximum atomic E-state index is 11.8. The van der Waals surface area contributed by atoms with E-state index in [2.05, 4.69) is 12.2 Å². The molecule has 0 radical (unpaired) electrons. The van der Waals surface area contributed by atoms with Crippen LogP contribution in [0.3, 0.4) is 0 Å². The molecule has 3 atom stereocenters. The molecule has 104 valence electrons. The van der Waals surface area contributed by atoms with Crippen molar-refractivity contribution < 1.29 is 14.7 Å². The van der Waals surface area contributed by atoms with Crippen LogP contribution in [-0.2, 0) is 9.59 Å². The summed E-state index contributed by atoms with van der Waals surface area (Å²) < 4.78 is 0. The second-order valence-electron chi connectivity index (χ2n) is 6.08. The largest absolute Gasteiger partial charge is 0.480 e. The van der Waals surface area contributed by atoms with Crippen molar-refractivity contribution in [2.45, 2.75) is 58.9 Å². The van der Waals surface area contributed by atoms with Gasteiger partial charge in [-0.2, -0.15) is 0 Å². The lowest BCUT2D eigenvalue weighted by Crippen LogP contribution is -2.42. The summed E-state index contributed by atoms with van der Waals surface area (Å²) in [6.45, 7) is 6.12. The zero-order valence-electron chi connectivity index (χ0n) is 11.6. The molecule has 1 amide bonds. The smallest absolute Gasteiger partial charge is 0.326 e. The highest BCUT2D eigenvalue weighted by atomic mass is 16.4. The lowest BCUT2D eigenvalue weighted by atomic mass is 10.0. The Morgan fingerprint density at radius 1 is 1.33 bits per heavy atom. The predicted molar refractivity (Wildman–Crippen MR) is 70.1 cm³/mol. The number of aliphatic carboxylic acids is 1. The molecule has 4 heteroatoms. The van der Waals surface area contributed by atoms with Crippen LogP contribution in [0.25, 0.3) is 0 Å². The number of carboxylic acid groups (broad SMARTS) is 1. The molecule has 0 bridgehead atoms. The average Bonchev–Trinajstić information content (AvgIpc) is 2.62. The second-order valence-corrected chi connectivity index (χ2v) is 6.08. The average molecular weight is 255 g/mol. The molecule has 0 aliphatic heterocycles. The fourth-order valence-corrected chi connectivity index (χ4v) is 2.72. The van der Waals surface area contributed by atoms with Gasteiger partial charge in [-0.05, 0) is 37.0 Å². The van der Waals surface area contributed by atoms with E-state index in [1.54, 1.807) is 0 Å². The van der Waals surface area contributed by atoms with Gasteiger partial charge in [0.1, 0.15) is 6.04 Å². The molecule has 2 N–H and O–H groups in total. The van der Waals surface area contributed by atoms with E-state index in [0.29, 0.717) is 24.7 Å². The molecule has 1 saturated carbocycles. The molecule has 18 heavy (non-hydrogen) atoms. The van der Waals surface area contributed by atoms with E-state index in [4.69, 9.17) is 5.11 Å². The monoisotopic (exact) mass is 255 g/mol. The van der Waals surface area contributed by atoms with Gasteiger partial charge in [-0.25, -0.2) is 4.79 Å². The Bertz CT molecular complexity index is 301. The van der Waals surface area contributed by atoms with Crippen molar-refractivity contribution in [3.05, 3.63) is 0 Å². The Kier molecular flexibility index (Phi) is 5.63. The minimum atomic E-state index is -0.933. The number of hydrogen-bond acceptors (Lipinski definition) is 2. The van der Waals surface area contributed by atoms with Gasteiger partial charge >= 0.3 is 5.97 Å². The van der Waals surface area contributed by atoms with Gasteiger partial charge in [0.05, 0.1) is 0 Å². The van der Waals surface area contributed by atoms with Gasteiger partial charge in [-0.1, -0.05) is 27.2 Å². The molecular formula is C14H25NO3.